The minimum Gasteiger partial charge on any atom is -0.342 e. The molecule has 18 heavy (non-hydrogen) atoms. The van der Waals surface area contributed by atoms with E-state index in [1.54, 1.807) is 0 Å². The van der Waals surface area contributed by atoms with E-state index < -0.39 is 0 Å². The monoisotopic (exact) mass is 250 g/mol. The lowest BCUT2D eigenvalue weighted by Gasteiger charge is -2.45. The normalized spacial score (nSPS) is 32.9. The number of nitrogens with zero attached hydrogens (tertiary/aromatic N) is 2. The van der Waals surface area contributed by atoms with Gasteiger partial charge in [0, 0.05) is 38.0 Å². The number of carbonyl (C=O) groups excluding carboxylic acids is 2. The standard InChI is InChI=1S/C14H22N2O2/c17-13-8-11-4-3-5-12(9-13)16(11)10-14(18)15-6-1-2-7-15/h11-12H,1-10H2. The zero-order chi connectivity index (χ0) is 12.5. The summed E-state index contributed by atoms with van der Waals surface area (Å²) in [6.07, 6.45) is 7.05. The molecule has 0 spiro atoms. The third-order valence-electron chi connectivity index (χ3n) is 4.72. The molecule has 3 aliphatic rings. The SMILES string of the molecule is O=C1CC2CCCC(C1)N2CC(=O)N1CCCC1. The number of piperidine rings is 2. The van der Waals surface area contributed by atoms with Gasteiger partial charge < -0.3 is 4.90 Å². The minimum atomic E-state index is 0.277. The van der Waals surface area contributed by atoms with Gasteiger partial charge in [0.15, 0.2) is 0 Å². The number of hydrogen-bond acceptors (Lipinski definition) is 3. The maximum absolute atomic E-state index is 12.2. The van der Waals surface area contributed by atoms with Crippen molar-refractivity contribution in [1.82, 2.24) is 9.80 Å². The number of amides is 1. The number of carbonyl (C=O) groups is 2. The van der Waals surface area contributed by atoms with E-state index in [1.165, 1.54) is 6.42 Å². The van der Waals surface area contributed by atoms with Crippen LogP contribution in [0.3, 0.4) is 0 Å². The Labute approximate surface area is 108 Å². The molecule has 4 heteroatoms. The molecule has 0 radical (unpaired) electrons. The van der Waals surface area contributed by atoms with Crippen molar-refractivity contribution in [3.63, 3.8) is 0 Å². The second kappa shape index (κ2) is 5.00. The lowest BCUT2D eigenvalue weighted by Crippen LogP contribution is -2.55. The fourth-order valence-electron chi connectivity index (χ4n) is 3.75. The largest absolute Gasteiger partial charge is 0.342 e. The van der Waals surface area contributed by atoms with E-state index in [1.807, 2.05) is 4.90 Å². The van der Waals surface area contributed by atoms with Crippen LogP contribution in [0, 0.1) is 0 Å². The quantitative estimate of drug-likeness (QED) is 0.739. The summed E-state index contributed by atoms with van der Waals surface area (Å²) in [6, 6.07) is 0.688. The molecule has 0 aromatic carbocycles. The molecule has 2 atom stereocenters. The molecule has 100 valence electrons. The summed E-state index contributed by atoms with van der Waals surface area (Å²) in [5.74, 6) is 0.674. The van der Waals surface area contributed by atoms with Crippen molar-refractivity contribution in [2.75, 3.05) is 19.6 Å². The summed E-state index contributed by atoms with van der Waals surface area (Å²) in [7, 11) is 0. The van der Waals surface area contributed by atoms with Crippen LogP contribution in [0.4, 0.5) is 0 Å². The molecular formula is C14H22N2O2. The Bertz CT molecular complexity index is 334. The zero-order valence-electron chi connectivity index (χ0n) is 10.9. The van der Waals surface area contributed by atoms with Crippen molar-refractivity contribution in [3.05, 3.63) is 0 Å². The van der Waals surface area contributed by atoms with Crippen LogP contribution in [0.1, 0.15) is 44.9 Å². The highest BCUT2D eigenvalue weighted by Crippen LogP contribution is 2.32. The molecule has 0 aromatic heterocycles. The third-order valence-corrected chi connectivity index (χ3v) is 4.72. The van der Waals surface area contributed by atoms with Crippen LogP contribution in [0.15, 0.2) is 0 Å². The second-order valence-electron chi connectivity index (χ2n) is 5.95. The number of hydrogen-bond donors (Lipinski definition) is 0. The molecule has 0 saturated carbocycles. The molecule has 3 aliphatic heterocycles. The van der Waals surface area contributed by atoms with Crippen molar-refractivity contribution in [2.24, 2.45) is 0 Å². The van der Waals surface area contributed by atoms with Crippen LogP contribution in [-0.2, 0) is 9.59 Å². The predicted molar refractivity (Wildman–Crippen MR) is 68.2 cm³/mol. The minimum absolute atomic E-state index is 0.277. The molecule has 2 bridgehead atoms. The van der Waals surface area contributed by atoms with E-state index in [4.69, 9.17) is 0 Å². The number of fused-ring (bicyclic) bond motifs is 2. The maximum atomic E-state index is 12.2. The van der Waals surface area contributed by atoms with Gasteiger partial charge in [-0.25, -0.2) is 0 Å². The Balaban J connectivity index is 1.64. The van der Waals surface area contributed by atoms with Crippen molar-refractivity contribution >= 4 is 11.7 Å². The average Bonchev–Trinajstić information content (AvgIpc) is 2.83. The molecule has 3 saturated heterocycles. The van der Waals surface area contributed by atoms with Gasteiger partial charge >= 0.3 is 0 Å². The van der Waals surface area contributed by atoms with Gasteiger partial charge in [0.2, 0.25) is 5.91 Å². The van der Waals surface area contributed by atoms with Crippen LogP contribution in [0.25, 0.3) is 0 Å². The number of likely N-dealkylation sites (tertiary alicyclic amines) is 1. The molecule has 0 N–H and O–H groups in total. The lowest BCUT2D eigenvalue weighted by molar-refractivity contribution is -0.138. The number of rotatable bonds is 2. The topological polar surface area (TPSA) is 40.6 Å². The number of ketones is 1. The van der Waals surface area contributed by atoms with Gasteiger partial charge in [0.05, 0.1) is 6.54 Å². The first-order valence-electron chi connectivity index (χ1n) is 7.29. The molecule has 4 nitrogen and oxygen atoms in total. The highest BCUT2D eigenvalue weighted by molar-refractivity contribution is 5.82. The van der Waals surface area contributed by atoms with E-state index in [-0.39, 0.29) is 5.91 Å². The van der Waals surface area contributed by atoms with E-state index >= 15 is 0 Å². The fraction of sp³-hybridized carbons (Fsp3) is 0.857. The van der Waals surface area contributed by atoms with Gasteiger partial charge in [-0.2, -0.15) is 0 Å². The summed E-state index contributed by atoms with van der Waals surface area (Å²) < 4.78 is 0. The van der Waals surface area contributed by atoms with E-state index in [0.717, 1.165) is 38.8 Å². The highest BCUT2D eigenvalue weighted by Gasteiger charge is 2.38. The Kier molecular flexibility index (Phi) is 3.37. The first-order valence-corrected chi connectivity index (χ1v) is 7.29. The highest BCUT2D eigenvalue weighted by atomic mass is 16.2. The average molecular weight is 250 g/mol. The lowest BCUT2D eigenvalue weighted by atomic mass is 9.84. The maximum Gasteiger partial charge on any atom is 0.236 e. The van der Waals surface area contributed by atoms with Gasteiger partial charge in [0.25, 0.3) is 0 Å². The van der Waals surface area contributed by atoms with Gasteiger partial charge in [-0.15, -0.1) is 0 Å². The van der Waals surface area contributed by atoms with Crippen LogP contribution in [0.2, 0.25) is 0 Å². The smallest absolute Gasteiger partial charge is 0.236 e. The molecule has 0 aliphatic carbocycles. The third kappa shape index (κ3) is 2.30. The first kappa shape index (κ1) is 12.2. The Morgan fingerprint density at radius 2 is 1.67 bits per heavy atom. The number of Topliss-reactive ketones (excluding diaryl/α,β-unsaturated/α-hetero) is 1. The van der Waals surface area contributed by atoms with Gasteiger partial charge in [0.1, 0.15) is 5.78 Å². The second-order valence-corrected chi connectivity index (χ2v) is 5.95. The Morgan fingerprint density at radius 3 is 2.28 bits per heavy atom. The molecule has 2 unspecified atom stereocenters. The Morgan fingerprint density at radius 1 is 1.06 bits per heavy atom. The molecular weight excluding hydrogens is 228 g/mol. The van der Waals surface area contributed by atoms with Crippen LogP contribution in [-0.4, -0.2) is 53.2 Å². The molecule has 3 fully saturated rings. The summed E-state index contributed by atoms with van der Waals surface area (Å²) in [4.78, 5) is 28.2. The van der Waals surface area contributed by atoms with E-state index in [0.29, 0.717) is 37.3 Å². The molecule has 1 amide bonds. The first-order chi connectivity index (χ1) is 8.74. The Hall–Kier alpha value is -0.900. The molecule has 3 rings (SSSR count). The van der Waals surface area contributed by atoms with Crippen molar-refractivity contribution in [1.29, 1.82) is 0 Å². The fourth-order valence-corrected chi connectivity index (χ4v) is 3.75. The summed E-state index contributed by atoms with van der Waals surface area (Å²) in [6.45, 7) is 2.41. The van der Waals surface area contributed by atoms with Crippen LogP contribution >= 0.6 is 0 Å². The van der Waals surface area contributed by atoms with Gasteiger partial charge in [-0.1, -0.05) is 6.42 Å². The van der Waals surface area contributed by atoms with E-state index in [2.05, 4.69) is 4.90 Å². The van der Waals surface area contributed by atoms with Gasteiger partial charge in [-0.3, -0.25) is 14.5 Å². The van der Waals surface area contributed by atoms with Crippen molar-refractivity contribution < 1.29 is 9.59 Å². The predicted octanol–water partition coefficient (Wildman–Crippen LogP) is 1.19. The summed E-state index contributed by atoms with van der Waals surface area (Å²) >= 11 is 0. The van der Waals surface area contributed by atoms with Crippen LogP contribution < -0.4 is 0 Å². The van der Waals surface area contributed by atoms with Crippen molar-refractivity contribution in [3.8, 4) is 0 Å². The summed E-state index contributed by atoms with van der Waals surface area (Å²) in [5, 5.41) is 0. The van der Waals surface area contributed by atoms with Crippen molar-refractivity contribution in [2.45, 2.75) is 57.0 Å². The zero-order valence-corrected chi connectivity index (χ0v) is 10.9. The van der Waals surface area contributed by atoms with E-state index in [9.17, 15) is 9.59 Å². The summed E-state index contributed by atoms with van der Waals surface area (Å²) in [5.41, 5.74) is 0. The molecule has 3 heterocycles. The van der Waals surface area contributed by atoms with Crippen LogP contribution in [0.5, 0.6) is 0 Å². The molecule has 0 aromatic rings. The van der Waals surface area contributed by atoms with Gasteiger partial charge in [-0.05, 0) is 25.7 Å².